The molecule has 1 aromatic heterocycles. The Bertz CT molecular complexity index is 794. The SMILES string of the molecule is Cc1[nH]c2ccccc2c1CSc1ccc([N+](=O)[O-])cc1. The standard InChI is InChI=1S/C16H14N2O2S/c1-11-15(14-4-2-3-5-16(14)17-11)10-21-13-8-6-12(7-9-13)18(19)20/h2-9,17H,10H2,1H3. The van der Waals surface area contributed by atoms with Crippen molar-refractivity contribution in [2.45, 2.75) is 17.6 Å². The van der Waals surface area contributed by atoms with Gasteiger partial charge in [0.1, 0.15) is 0 Å². The molecule has 0 aliphatic carbocycles. The van der Waals surface area contributed by atoms with Gasteiger partial charge in [0.15, 0.2) is 0 Å². The van der Waals surface area contributed by atoms with Crippen LogP contribution >= 0.6 is 11.8 Å². The van der Waals surface area contributed by atoms with Crippen LogP contribution in [0.5, 0.6) is 0 Å². The summed E-state index contributed by atoms with van der Waals surface area (Å²) in [6, 6.07) is 14.9. The molecule has 0 saturated heterocycles. The van der Waals surface area contributed by atoms with Gasteiger partial charge in [0, 0.05) is 39.4 Å². The number of nitrogens with zero attached hydrogens (tertiary/aromatic N) is 1. The molecule has 21 heavy (non-hydrogen) atoms. The number of nitrogens with one attached hydrogen (secondary N) is 1. The second-order valence-corrected chi connectivity index (χ2v) is 5.86. The van der Waals surface area contributed by atoms with Crippen molar-refractivity contribution in [3.8, 4) is 0 Å². The Labute approximate surface area is 126 Å². The van der Waals surface area contributed by atoms with Crippen molar-refractivity contribution in [2.24, 2.45) is 0 Å². The van der Waals surface area contributed by atoms with Gasteiger partial charge < -0.3 is 4.98 Å². The average Bonchev–Trinajstić information content (AvgIpc) is 2.81. The van der Waals surface area contributed by atoms with E-state index in [9.17, 15) is 10.1 Å². The van der Waals surface area contributed by atoms with Gasteiger partial charge in [-0.3, -0.25) is 10.1 Å². The predicted octanol–water partition coefficient (Wildman–Crippen LogP) is 4.68. The minimum atomic E-state index is -0.377. The Morgan fingerprint density at radius 2 is 1.86 bits per heavy atom. The minimum Gasteiger partial charge on any atom is -0.358 e. The average molecular weight is 298 g/mol. The topological polar surface area (TPSA) is 58.9 Å². The third kappa shape index (κ3) is 2.78. The second kappa shape index (κ2) is 5.61. The zero-order valence-electron chi connectivity index (χ0n) is 11.5. The third-order valence-electron chi connectivity index (χ3n) is 3.46. The first-order valence-electron chi connectivity index (χ1n) is 6.58. The number of benzene rings is 2. The summed E-state index contributed by atoms with van der Waals surface area (Å²) in [5, 5.41) is 11.9. The maximum Gasteiger partial charge on any atom is 0.269 e. The summed E-state index contributed by atoms with van der Waals surface area (Å²) in [4.78, 5) is 14.7. The van der Waals surface area contributed by atoms with Crippen LogP contribution in [0.2, 0.25) is 0 Å². The predicted molar refractivity (Wildman–Crippen MR) is 85.7 cm³/mol. The van der Waals surface area contributed by atoms with E-state index in [1.165, 1.54) is 16.6 Å². The number of nitro groups is 1. The highest BCUT2D eigenvalue weighted by molar-refractivity contribution is 7.98. The molecular weight excluding hydrogens is 284 g/mol. The van der Waals surface area contributed by atoms with Gasteiger partial charge >= 0.3 is 0 Å². The van der Waals surface area contributed by atoms with Crippen molar-refractivity contribution in [1.82, 2.24) is 4.98 Å². The van der Waals surface area contributed by atoms with Crippen LogP contribution in [0.4, 0.5) is 5.69 Å². The summed E-state index contributed by atoms with van der Waals surface area (Å²) in [6.45, 7) is 2.08. The van der Waals surface area contributed by atoms with Crippen LogP contribution in [-0.4, -0.2) is 9.91 Å². The number of para-hydroxylation sites is 1. The molecule has 3 aromatic rings. The first-order chi connectivity index (χ1) is 10.1. The van der Waals surface area contributed by atoms with Crippen LogP contribution in [0.3, 0.4) is 0 Å². The highest BCUT2D eigenvalue weighted by Crippen LogP contribution is 2.30. The molecule has 0 saturated carbocycles. The first-order valence-corrected chi connectivity index (χ1v) is 7.57. The maximum absolute atomic E-state index is 10.6. The fraction of sp³-hybridized carbons (Fsp3) is 0.125. The lowest BCUT2D eigenvalue weighted by Crippen LogP contribution is -1.87. The fourth-order valence-corrected chi connectivity index (χ4v) is 3.35. The number of aryl methyl sites for hydroxylation is 1. The van der Waals surface area contributed by atoms with E-state index in [1.54, 1.807) is 36.0 Å². The number of hydrogen-bond acceptors (Lipinski definition) is 3. The largest absolute Gasteiger partial charge is 0.358 e. The minimum absolute atomic E-state index is 0.127. The van der Waals surface area contributed by atoms with Gasteiger partial charge in [-0.2, -0.15) is 0 Å². The van der Waals surface area contributed by atoms with Crippen molar-refractivity contribution in [3.05, 3.63) is 69.9 Å². The van der Waals surface area contributed by atoms with E-state index in [0.29, 0.717) is 0 Å². The van der Waals surface area contributed by atoms with Crippen molar-refractivity contribution in [2.75, 3.05) is 0 Å². The van der Waals surface area contributed by atoms with Crippen LogP contribution in [-0.2, 0) is 5.75 Å². The summed E-state index contributed by atoms with van der Waals surface area (Å²) in [5.41, 5.74) is 3.73. The molecule has 1 heterocycles. The van der Waals surface area contributed by atoms with Gasteiger partial charge in [-0.1, -0.05) is 18.2 Å². The van der Waals surface area contributed by atoms with Gasteiger partial charge in [0.25, 0.3) is 5.69 Å². The van der Waals surface area contributed by atoms with E-state index in [-0.39, 0.29) is 10.6 Å². The summed E-state index contributed by atoms with van der Waals surface area (Å²) in [7, 11) is 0. The number of nitro benzene ring substituents is 1. The van der Waals surface area contributed by atoms with Gasteiger partial charge in [-0.25, -0.2) is 0 Å². The number of non-ortho nitro benzene ring substituents is 1. The Kier molecular flexibility index (Phi) is 3.66. The molecule has 0 aliphatic rings. The molecule has 5 heteroatoms. The molecule has 3 rings (SSSR count). The van der Waals surface area contributed by atoms with Crippen molar-refractivity contribution >= 4 is 28.4 Å². The Morgan fingerprint density at radius 3 is 2.57 bits per heavy atom. The lowest BCUT2D eigenvalue weighted by Gasteiger charge is -2.02. The molecule has 0 aliphatic heterocycles. The van der Waals surface area contributed by atoms with Crippen molar-refractivity contribution < 1.29 is 4.92 Å². The van der Waals surface area contributed by atoms with Crippen LogP contribution < -0.4 is 0 Å². The van der Waals surface area contributed by atoms with E-state index in [4.69, 9.17) is 0 Å². The quantitative estimate of drug-likeness (QED) is 0.432. The highest BCUT2D eigenvalue weighted by Gasteiger charge is 2.09. The van der Waals surface area contributed by atoms with Crippen LogP contribution in [0.25, 0.3) is 10.9 Å². The number of hydrogen-bond donors (Lipinski definition) is 1. The third-order valence-corrected chi connectivity index (χ3v) is 4.50. The zero-order chi connectivity index (χ0) is 14.8. The van der Waals surface area contributed by atoms with E-state index >= 15 is 0 Å². The number of rotatable bonds is 4. The van der Waals surface area contributed by atoms with E-state index in [0.717, 1.165) is 16.2 Å². The number of thioether (sulfide) groups is 1. The van der Waals surface area contributed by atoms with Crippen molar-refractivity contribution in [1.29, 1.82) is 0 Å². The summed E-state index contributed by atoms with van der Waals surface area (Å²) in [5.74, 6) is 0.841. The molecule has 0 amide bonds. The smallest absolute Gasteiger partial charge is 0.269 e. The molecule has 1 N–H and O–H groups in total. The summed E-state index contributed by atoms with van der Waals surface area (Å²) >= 11 is 1.68. The number of aromatic amines is 1. The summed E-state index contributed by atoms with van der Waals surface area (Å²) in [6.07, 6.45) is 0. The van der Waals surface area contributed by atoms with Crippen LogP contribution in [0, 0.1) is 17.0 Å². The molecule has 4 nitrogen and oxygen atoms in total. The molecule has 0 fully saturated rings. The Hall–Kier alpha value is -2.27. The molecular formula is C16H14N2O2S. The second-order valence-electron chi connectivity index (χ2n) is 4.81. The van der Waals surface area contributed by atoms with Gasteiger partial charge in [0.2, 0.25) is 0 Å². The normalized spacial score (nSPS) is 10.9. The first kappa shape index (κ1) is 13.7. The molecule has 0 spiro atoms. The molecule has 0 bridgehead atoms. The highest BCUT2D eigenvalue weighted by atomic mass is 32.2. The number of aromatic nitrogens is 1. The Balaban J connectivity index is 1.80. The molecule has 0 radical (unpaired) electrons. The molecule has 0 atom stereocenters. The zero-order valence-corrected chi connectivity index (χ0v) is 12.3. The number of H-pyrrole nitrogens is 1. The maximum atomic E-state index is 10.6. The monoisotopic (exact) mass is 298 g/mol. The van der Waals surface area contributed by atoms with Crippen LogP contribution in [0.1, 0.15) is 11.3 Å². The summed E-state index contributed by atoms with van der Waals surface area (Å²) < 4.78 is 0. The fourth-order valence-electron chi connectivity index (χ4n) is 2.34. The number of fused-ring (bicyclic) bond motifs is 1. The van der Waals surface area contributed by atoms with E-state index in [2.05, 4.69) is 24.0 Å². The van der Waals surface area contributed by atoms with Gasteiger partial charge in [-0.15, -0.1) is 11.8 Å². The lowest BCUT2D eigenvalue weighted by atomic mass is 10.1. The molecule has 106 valence electrons. The molecule has 0 unspecified atom stereocenters. The van der Waals surface area contributed by atoms with Crippen molar-refractivity contribution in [3.63, 3.8) is 0 Å². The van der Waals surface area contributed by atoms with E-state index < -0.39 is 0 Å². The van der Waals surface area contributed by atoms with E-state index in [1.807, 2.05) is 12.1 Å². The molecule has 2 aromatic carbocycles. The van der Waals surface area contributed by atoms with Gasteiger partial charge in [0.05, 0.1) is 4.92 Å². The Morgan fingerprint density at radius 1 is 1.14 bits per heavy atom. The van der Waals surface area contributed by atoms with Crippen LogP contribution in [0.15, 0.2) is 53.4 Å². The lowest BCUT2D eigenvalue weighted by molar-refractivity contribution is -0.384. The van der Waals surface area contributed by atoms with Gasteiger partial charge in [-0.05, 0) is 30.7 Å².